The van der Waals surface area contributed by atoms with E-state index in [4.69, 9.17) is 4.74 Å². The lowest BCUT2D eigenvalue weighted by molar-refractivity contribution is 0.0950. The van der Waals surface area contributed by atoms with Crippen LogP contribution in [0.25, 0.3) is 0 Å². The Morgan fingerprint density at radius 1 is 1.22 bits per heavy atom. The Morgan fingerprint density at radius 2 is 2.04 bits per heavy atom. The van der Waals surface area contributed by atoms with Gasteiger partial charge >= 0.3 is 0 Å². The van der Waals surface area contributed by atoms with Crippen molar-refractivity contribution in [2.75, 3.05) is 0 Å². The van der Waals surface area contributed by atoms with Gasteiger partial charge in [0, 0.05) is 17.7 Å². The molecule has 0 aliphatic heterocycles. The van der Waals surface area contributed by atoms with Crippen LogP contribution >= 0.6 is 0 Å². The Balaban J connectivity index is 1.62. The fraction of sp³-hybridized carbons (Fsp3) is 0.263. The quantitative estimate of drug-likeness (QED) is 0.692. The first-order chi connectivity index (χ1) is 13.0. The van der Waals surface area contributed by atoms with Gasteiger partial charge in [0.2, 0.25) is 0 Å². The molecule has 0 unspecified atom stereocenters. The first-order valence-corrected chi connectivity index (χ1v) is 8.56. The number of aromatic nitrogens is 4. The van der Waals surface area contributed by atoms with Crippen LogP contribution in [-0.2, 0) is 13.2 Å². The molecular formula is C19H20FN5O2. The minimum Gasteiger partial charge on any atom is -0.486 e. The highest BCUT2D eigenvalue weighted by Crippen LogP contribution is 2.16. The van der Waals surface area contributed by atoms with Gasteiger partial charge in [-0.2, -0.15) is 0 Å². The zero-order valence-electron chi connectivity index (χ0n) is 15.1. The summed E-state index contributed by atoms with van der Waals surface area (Å²) < 4.78 is 21.0. The summed E-state index contributed by atoms with van der Waals surface area (Å²) in [4.78, 5) is 12.3. The van der Waals surface area contributed by atoms with Gasteiger partial charge < -0.3 is 10.1 Å². The van der Waals surface area contributed by atoms with E-state index < -0.39 is 0 Å². The molecule has 7 nitrogen and oxygen atoms in total. The lowest BCUT2D eigenvalue weighted by atomic mass is 10.1. The van der Waals surface area contributed by atoms with Crippen molar-refractivity contribution in [2.24, 2.45) is 0 Å². The average molecular weight is 369 g/mol. The van der Waals surface area contributed by atoms with Crippen LogP contribution in [0.3, 0.4) is 0 Å². The average Bonchev–Trinajstić information content (AvgIpc) is 3.15. The molecule has 0 aliphatic carbocycles. The second kappa shape index (κ2) is 8.39. The Bertz CT molecular complexity index is 926. The molecular weight excluding hydrogens is 349 g/mol. The van der Waals surface area contributed by atoms with Crippen LogP contribution in [0.4, 0.5) is 4.39 Å². The maximum atomic E-state index is 13.6. The van der Waals surface area contributed by atoms with Crippen molar-refractivity contribution in [3.63, 3.8) is 0 Å². The van der Waals surface area contributed by atoms with Gasteiger partial charge in [0.1, 0.15) is 18.2 Å². The Labute approximate surface area is 156 Å². The maximum absolute atomic E-state index is 13.6. The summed E-state index contributed by atoms with van der Waals surface area (Å²) in [7, 11) is 0. The van der Waals surface area contributed by atoms with Crippen molar-refractivity contribution in [3.05, 3.63) is 71.3 Å². The van der Waals surface area contributed by atoms with Crippen molar-refractivity contribution >= 4 is 5.91 Å². The van der Waals surface area contributed by atoms with Crippen LogP contribution < -0.4 is 10.1 Å². The SMILES string of the molecule is CC(C)n1nnnc1COc1cccc(C(=O)NCc2ccccc2F)c1. The molecule has 0 spiro atoms. The van der Waals surface area contributed by atoms with E-state index in [1.54, 1.807) is 47.1 Å². The van der Waals surface area contributed by atoms with Gasteiger partial charge in [0.05, 0.1) is 6.04 Å². The first-order valence-electron chi connectivity index (χ1n) is 8.56. The monoisotopic (exact) mass is 369 g/mol. The summed E-state index contributed by atoms with van der Waals surface area (Å²) in [6.07, 6.45) is 0. The largest absolute Gasteiger partial charge is 0.486 e. The molecule has 0 fully saturated rings. The van der Waals surface area contributed by atoms with Crippen molar-refractivity contribution in [1.29, 1.82) is 0 Å². The molecule has 0 bridgehead atoms. The fourth-order valence-electron chi connectivity index (χ4n) is 2.50. The van der Waals surface area contributed by atoms with Gasteiger partial charge in [0.15, 0.2) is 5.82 Å². The number of rotatable bonds is 7. The molecule has 0 saturated heterocycles. The maximum Gasteiger partial charge on any atom is 0.251 e. The second-order valence-corrected chi connectivity index (χ2v) is 6.22. The molecule has 0 radical (unpaired) electrons. The molecule has 1 N–H and O–H groups in total. The summed E-state index contributed by atoms with van der Waals surface area (Å²) in [5, 5.41) is 14.2. The Hall–Kier alpha value is -3.29. The standard InChI is InChI=1S/C19H20FN5O2/c1-13(2)25-18(22-23-24-25)12-27-16-8-5-7-14(10-16)19(26)21-11-15-6-3-4-9-17(15)20/h3-10,13H,11-12H2,1-2H3,(H,21,26). The van der Waals surface area contributed by atoms with Gasteiger partial charge in [0.25, 0.3) is 5.91 Å². The topological polar surface area (TPSA) is 81.9 Å². The lowest BCUT2D eigenvalue weighted by Gasteiger charge is -2.10. The zero-order chi connectivity index (χ0) is 19.2. The van der Waals surface area contributed by atoms with Crippen LogP contribution in [0.2, 0.25) is 0 Å². The number of ether oxygens (including phenoxy) is 1. The van der Waals surface area contributed by atoms with E-state index in [0.717, 1.165) is 0 Å². The molecule has 0 saturated carbocycles. The third kappa shape index (κ3) is 4.66. The number of nitrogens with zero attached hydrogens (tertiary/aromatic N) is 4. The molecule has 1 heterocycles. The molecule has 1 amide bonds. The number of benzene rings is 2. The third-order valence-corrected chi connectivity index (χ3v) is 3.91. The predicted molar refractivity (Wildman–Crippen MR) is 96.5 cm³/mol. The van der Waals surface area contributed by atoms with E-state index in [9.17, 15) is 9.18 Å². The van der Waals surface area contributed by atoms with Gasteiger partial charge in [-0.05, 0) is 48.5 Å². The zero-order valence-corrected chi connectivity index (χ0v) is 15.1. The van der Waals surface area contributed by atoms with Crippen LogP contribution in [0, 0.1) is 5.82 Å². The molecule has 0 aliphatic rings. The summed E-state index contributed by atoms with van der Waals surface area (Å²) >= 11 is 0. The number of carbonyl (C=O) groups excluding carboxylic acids is 1. The highest BCUT2D eigenvalue weighted by molar-refractivity contribution is 5.94. The molecule has 3 aromatic rings. The summed E-state index contributed by atoms with van der Waals surface area (Å²) in [6.45, 7) is 4.24. The highest BCUT2D eigenvalue weighted by Gasteiger charge is 2.11. The Morgan fingerprint density at radius 3 is 2.81 bits per heavy atom. The van der Waals surface area contributed by atoms with Crippen molar-refractivity contribution in [3.8, 4) is 5.75 Å². The number of tetrazole rings is 1. The highest BCUT2D eigenvalue weighted by atomic mass is 19.1. The first kappa shape index (κ1) is 18.5. The van der Waals surface area contributed by atoms with E-state index >= 15 is 0 Å². The lowest BCUT2D eigenvalue weighted by Crippen LogP contribution is -2.23. The Kier molecular flexibility index (Phi) is 5.75. The van der Waals surface area contributed by atoms with Crippen LogP contribution in [0.5, 0.6) is 5.75 Å². The van der Waals surface area contributed by atoms with Crippen molar-refractivity contribution < 1.29 is 13.9 Å². The van der Waals surface area contributed by atoms with Crippen LogP contribution in [0.1, 0.15) is 41.6 Å². The van der Waals surface area contributed by atoms with Gasteiger partial charge in [-0.25, -0.2) is 9.07 Å². The second-order valence-electron chi connectivity index (χ2n) is 6.22. The van der Waals surface area contributed by atoms with Crippen molar-refractivity contribution in [1.82, 2.24) is 25.5 Å². The molecule has 140 valence electrons. The molecule has 1 aromatic heterocycles. The number of nitrogens with one attached hydrogen (secondary N) is 1. The van der Waals surface area contributed by atoms with E-state index in [1.807, 2.05) is 13.8 Å². The smallest absolute Gasteiger partial charge is 0.251 e. The number of halogens is 1. The molecule has 8 heteroatoms. The van der Waals surface area contributed by atoms with Gasteiger partial charge in [-0.3, -0.25) is 4.79 Å². The van der Waals surface area contributed by atoms with E-state index in [1.165, 1.54) is 6.07 Å². The van der Waals surface area contributed by atoms with Crippen molar-refractivity contribution in [2.45, 2.75) is 33.0 Å². The molecule has 0 atom stereocenters. The summed E-state index contributed by atoms with van der Waals surface area (Å²) in [5.41, 5.74) is 0.853. The van der Waals surface area contributed by atoms with Gasteiger partial charge in [-0.1, -0.05) is 24.3 Å². The molecule has 3 rings (SSSR count). The number of amides is 1. The number of carbonyl (C=O) groups is 1. The van der Waals surface area contributed by atoms with E-state index in [0.29, 0.717) is 22.7 Å². The number of hydrogen-bond donors (Lipinski definition) is 1. The minimum atomic E-state index is -0.349. The molecule has 2 aromatic carbocycles. The fourth-order valence-corrected chi connectivity index (χ4v) is 2.50. The third-order valence-electron chi connectivity index (χ3n) is 3.91. The number of hydrogen-bond acceptors (Lipinski definition) is 5. The summed E-state index contributed by atoms with van der Waals surface area (Å²) in [5.74, 6) is 0.458. The predicted octanol–water partition coefficient (Wildman–Crippen LogP) is 2.90. The van der Waals surface area contributed by atoms with Crippen LogP contribution in [-0.4, -0.2) is 26.1 Å². The van der Waals surface area contributed by atoms with E-state index in [-0.39, 0.29) is 30.9 Å². The van der Waals surface area contributed by atoms with Gasteiger partial charge in [-0.15, -0.1) is 5.10 Å². The van der Waals surface area contributed by atoms with Crippen LogP contribution in [0.15, 0.2) is 48.5 Å². The normalized spacial score (nSPS) is 10.8. The molecule has 27 heavy (non-hydrogen) atoms. The minimum absolute atomic E-state index is 0.111. The van der Waals surface area contributed by atoms with E-state index in [2.05, 4.69) is 20.8 Å². The summed E-state index contributed by atoms with van der Waals surface area (Å²) in [6, 6.07) is 13.2.